The van der Waals surface area contributed by atoms with E-state index in [2.05, 4.69) is 13.8 Å². The first-order valence-electron chi connectivity index (χ1n) is 6.36. The minimum atomic E-state index is -1.01. The number of carbonyl (C=O) groups is 2. The van der Waals surface area contributed by atoms with Crippen LogP contribution in [0.15, 0.2) is 0 Å². The van der Waals surface area contributed by atoms with Gasteiger partial charge in [0.25, 0.3) is 0 Å². The molecule has 1 saturated carbocycles. The number of carboxylic acids is 2. The van der Waals surface area contributed by atoms with Gasteiger partial charge in [0, 0.05) is 0 Å². The molecule has 2 N–H and O–H groups in total. The topological polar surface area (TPSA) is 74.6 Å². The molecule has 0 heterocycles. The van der Waals surface area contributed by atoms with Crippen molar-refractivity contribution < 1.29 is 19.8 Å². The zero-order valence-corrected chi connectivity index (χ0v) is 10.6. The van der Waals surface area contributed by atoms with Crippen LogP contribution in [0, 0.1) is 23.7 Å². The zero-order chi connectivity index (χ0) is 13.0. The summed E-state index contributed by atoms with van der Waals surface area (Å²) in [5.41, 5.74) is 0. The molecule has 1 rings (SSSR count). The molecule has 4 nitrogen and oxygen atoms in total. The number of aliphatic carboxylic acids is 2. The van der Waals surface area contributed by atoms with Crippen LogP contribution in [0.1, 0.15) is 46.0 Å². The lowest BCUT2D eigenvalue weighted by Crippen LogP contribution is -2.30. The highest BCUT2D eigenvalue weighted by Gasteiger charge is 2.33. The molecule has 0 radical (unpaired) electrons. The third-order valence-electron chi connectivity index (χ3n) is 4.04. The van der Waals surface area contributed by atoms with Gasteiger partial charge in [-0.3, -0.25) is 9.59 Å². The molecule has 0 aromatic rings. The lowest BCUT2D eigenvalue weighted by atomic mass is 9.72. The number of hydrogen-bond acceptors (Lipinski definition) is 2. The van der Waals surface area contributed by atoms with Crippen LogP contribution in [0.5, 0.6) is 0 Å². The number of rotatable bonds is 5. The Kier molecular flexibility index (Phi) is 4.97. The molecule has 4 heteroatoms. The van der Waals surface area contributed by atoms with Gasteiger partial charge in [0.05, 0.1) is 12.3 Å². The zero-order valence-electron chi connectivity index (χ0n) is 10.6. The Morgan fingerprint density at radius 1 is 1.06 bits per heavy atom. The summed E-state index contributed by atoms with van der Waals surface area (Å²) in [6.45, 7) is 4.38. The van der Waals surface area contributed by atoms with Gasteiger partial charge in [0.1, 0.15) is 0 Å². The Balaban J connectivity index is 2.55. The summed E-state index contributed by atoms with van der Waals surface area (Å²) in [5, 5.41) is 17.8. The van der Waals surface area contributed by atoms with E-state index in [1.54, 1.807) is 0 Å². The maximum absolute atomic E-state index is 11.1. The molecule has 1 aliphatic rings. The van der Waals surface area contributed by atoms with Crippen molar-refractivity contribution in [1.82, 2.24) is 0 Å². The molecule has 0 saturated heterocycles. The van der Waals surface area contributed by atoms with Gasteiger partial charge in [-0.15, -0.1) is 0 Å². The lowest BCUT2D eigenvalue weighted by molar-refractivity contribution is -0.151. The van der Waals surface area contributed by atoms with Crippen molar-refractivity contribution >= 4 is 11.9 Å². The van der Waals surface area contributed by atoms with Crippen molar-refractivity contribution in [3.8, 4) is 0 Å². The van der Waals surface area contributed by atoms with E-state index < -0.39 is 17.9 Å². The second-order valence-electron chi connectivity index (χ2n) is 5.46. The molecule has 1 fully saturated rings. The van der Waals surface area contributed by atoms with Crippen molar-refractivity contribution in [1.29, 1.82) is 0 Å². The summed E-state index contributed by atoms with van der Waals surface area (Å²) >= 11 is 0. The molecule has 0 aromatic heterocycles. The van der Waals surface area contributed by atoms with Crippen LogP contribution in [0.25, 0.3) is 0 Å². The molecule has 0 aromatic carbocycles. The van der Waals surface area contributed by atoms with Gasteiger partial charge in [-0.05, 0) is 43.4 Å². The van der Waals surface area contributed by atoms with Gasteiger partial charge in [0.2, 0.25) is 0 Å². The van der Waals surface area contributed by atoms with E-state index in [0.717, 1.165) is 25.7 Å². The molecular formula is C13H22O4. The van der Waals surface area contributed by atoms with Crippen LogP contribution < -0.4 is 0 Å². The van der Waals surface area contributed by atoms with Crippen LogP contribution in [-0.2, 0) is 9.59 Å². The van der Waals surface area contributed by atoms with Gasteiger partial charge in [-0.25, -0.2) is 0 Å². The Labute approximate surface area is 102 Å². The van der Waals surface area contributed by atoms with E-state index in [1.807, 2.05) is 0 Å². The molecule has 98 valence electrons. The molecule has 0 amide bonds. The monoisotopic (exact) mass is 242 g/mol. The van der Waals surface area contributed by atoms with Crippen LogP contribution >= 0.6 is 0 Å². The first kappa shape index (κ1) is 14.0. The van der Waals surface area contributed by atoms with Crippen LogP contribution in [0.3, 0.4) is 0 Å². The fourth-order valence-electron chi connectivity index (χ4n) is 2.86. The first-order valence-corrected chi connectivity index (χ1v) is 6.36. The summed E-state index contributed by atoms with van der Waals surface area (Å²) in [5.74, 6) is -1.33. The van der Waals surface area contributed by atoms with Gasteiger partial charge in [-0.2, -0.15) is 0 Å². The third kappa shape index (κ3) is 4.02. The SMILES string of the molecule is CC(C)C1CCC(C(CC(=O)O)C(=O)O)CC1. The number of hydrogen-bond donors (Lipinski definition) is 2. The molecule has 1 unspecified atom stereocenters. The average molecular weight is 242 g/mol. The highest BCUT2D eigenvalue weighted by Crippen LogP contribution is 2.37. The minimum Gasteiger partial charge on any atom is -0.481 e. The predicted molar refractivity (Wildman–Crippen MR) is 63.7 cm³/mol. The largest absolute Gasteiger partial charge is 0.481 e. The smallest absolute Gasteiger partial charge is 0.307 e. The third-order valence-corrected chi connectivity index (χ3v) is 4.04. The van der Waals surface area contributed by atoms with Crippen molar-refractivity contribution in [2.24, 2.45) is 23.7 Å². The summed E-state index contributed by atoms with van der Waals surface area (Å²) in [6, 6.07) is 0. The molecule has 17 heavy (non-hydrogen) atoms. The summed E-state index contributed by atoms with van der Waals surface area (Å²) in [6.07, 6.45) is 3.53. The summed E-state index contributed by atoms with van der Waals surface area (Å²) in [7, 11) is 0. The minimum absolute atomic E-state index is 0.0404. The Morgan fingerprint density at radius 3 is 1.88 bits per heavy atom. The fraction of sp³-hybridized carbons (Fsp3) is 0.846. The summed E-state index contributed by atoms with van der Waals surface area (Å²) < 4.78 is 0. The Hall–Kier alpha value is -1.06. The van der Waals surface area contributed by atoms with Crippen LogP contribution in [-0.4, -0.2) is 22.2 Å². The van der Waals surface area contributed by atoms with E-state index in [0.29, 0.717) is 11.8 Å². The fourth-order valence-corrected chi connectivity index (χ4v) is 2.86. The van der Waals surface area contributed by atoms with Crippen LogP contribution in [0.4, 0.5) is 0 Å². The van der Waals surface area contributed by atoms with Gasteiger partial charge in [-0.1, -0.05) is 13.8 Å². The highest BCUT2D eigenvalue weighted by molar-refractivity contribution is 5.78. The van der Waals surface area contributed by atoms with E-state index in [1.165, 1.54) is 0 Å². The summed E-state index contributed by atoms with van der Waals surface area (Å²) in [4.78, 5) is 21.8. The second kappa shape index (κ2) is 6.03. The van der Waals surface area contributed by atoms with E-state index in [4.69, 9.17) is 10.2 Å². The van der Waals surface area contributed by atoms with Crippen molar-refractivity contribution in [3.63, 3.8) is 0 Å². The molecule has 0 bridgehead atoms. The van der Waals surface area contributed by atoms with E-state index >= 15 is 0 Å². The van der Waals surface area contributed by atoms with Crippen molar-refractivity contribution in [2.45, 2.75) is 46.0 Å². The highest BCUT2D eigenvalue weighted by atomic mass is 16.4. The molecule has 1 atom stereocenters. The maximum atomic E-state index is 11.1. The molecule has 1 aliphatic carbocycles. The maximum Gasteiger partial charge on any atom is 0.307 e. The Morgan fingerprint density at radius 2 is 1.53 bits per heavy atom. The van der Waals surface area contributed by atoms with Crippen molar-refractivity contribution in [3.05, 3.63) is 0 Å². The molecular weight excluding hydrogens is 220 g/mol. The van der Waals surface area contributed by atoms with Gasteiger partial charge < -0.3 is 10.2 Å². The normalized spacial score (nSPS) is 26.8. The molecule has 0 aliphatic heterocycles. The van der Waals surface area contributed by atoms with Crippen LogP contribution in [0.2, 0.25) is 0 Å². The van der Waals surface area contributed by atoms with Gasteiger partial charge in [0.15, 0.2) is 0 Å². The lowest BCUT2D eigenvalue weighted by Gasteiger charge is -2.33. The van der Waals surface area contributed by atoms with E-state index in [9.17, 15) is 9.59 Å². The first-order chi connectivity index (χ1) is 7.91. The number of carboxylic acid groups (broad SMARTS) is 2. The quantitative estimate of drug-likeness (QED) is 0.777. The second-order valence-corrected chi connectivity index (χ2v) is 5.46. The average Bonchev–Trinajstić information content (AvgIpc) is 2.25. The molecule has 0 spiro atoms. The predicted octanol–water partition coefficient (Wildman–Crippen LogP) is 2.62. The van der Waals surface area contributed by atoms with Gasteiger partial charge >= 0.3 is 11.9 Å². The Bertz CT molecular complexity index is 277. The van der Waals surface area contributed by atoms with E-state index in [-0.39, 0.29) is 12.3 Å². The standard InChI is InChI=1S/C13H22O4/c1-8(2)9-3-5-10(6-4-9)11(13(16)17)7-12(14)15/h8-11H,3-7H2,1-2H3,(H,14,15)(H,16,17). The van der Waals surface area contributed by atoms with Crippen molar-refractivity contribution in [2.75, 3.05) is 0 Å².